The van der Waals surface area contributed by atoms with Crippen LogP contribution in [0.2, 0.25) is 0 Å². The molecule has 0 bridgehead atoms. The SMILES string of the molecule is CCOC(=O)CCCCC(=[N+]=[N-])C(C)=O. The van der Waals surface area contributed by atoms with Gasteiger partial charge in [-0.15, -0.1) is 0 Å². The molecule has 5 nitrogen and oxygen atoms in total. The van der Waals surface area contributed by atoms with Gasteiger partial charge in [0.1, 0.15) is 0 Å². The molecule has 0 atom stereocenters. The van der Waals surface area contributed by atoms with Crippen LogP contribution in [0.25, 0.3) is 5.53 Å². The average molecular weight is 212 g/mol. The van der Waals surface area contributed by atoms with E-state index in [4.69, 9.17) is 10.3 Å². The van der Waals surface area contributed by atoms with E-state index in [-0.39, 0.29) is 17.5 Å². The first-order chi connectivity index (χ1) is 7.11. The fraction of sp³-hybridized carbons (Fsp3) is 0.700. The minimum absolute atomic E-state index is 0.152. The lowest BCUT2D eigenvalue weighted by atomic mass is 10.1. The molecule has 0 saturated carbocycles. The third-order valence-corrected chi connectivity index (χ3v) is 1.88. The number of ether oxygens (including phenoxy) is 1. The number of carbonyl (C=O) groups is 2. The lowest BCUT2D eigenvalue weighted by molar-refractivity contribution is -0.143. The smallest absolute Gasteiger partial charge is 0.334 e. The van der Waals surface area contributed by atoms with Gasteiger partial charge in [0.05, 0.1) is 13.0 Å². The van der Waals surface area contributed by atoms with Crippen molar-refractivity contribution in [2.45, 2.75) is 39.5 Å². The van der Waals surface area contributed by atoms with Gasteiger partial charge in [-0.1, -0.05) is 0 Å². The third-order valence-electron chi connectivity index (χ3n) is 1.88. The van der Waals surface area contributed by atoms with Gasteiger partial charge in [-0.3, -0.25) is 9.59 Å². The number of esters is 1. The second kappa shape index (κ2) is 7.88. The Bertz CT molecular complexity index is 280. The molecule has 0 aromatic rings. The number of ketones is 1. The maximum atomic E-state index is 10.9. The second-order valence-electron chi connectivity index (χ2n) is 3.12. The third kappa shape index (κ3) is 6.57. The Morgan fingerprint density at radius 2 is 1.87 bits per heavy atom. The van der Waals surface area contributed by atoms with E-state index in [9.17, 15) is 9.59 Å². The van der Waals surface area contributed by atoms with Crippen molar-refractivity contribution < 1.29 is 19.1 Å². The fourth-order valence-electron chi connectivity index (χ4n) is 1.09. The van der Waals surface area contributed by atoms with E-state index in [1.54, 1.807) is 6.92 Å². The Hall–Kier alpha value is -1.48. The highest BCUT2D eigenvalue weighted by atomic mass is 16.5. The normalized spacial score (nSPS) is 9.20. The van der Waals surface area contributed by atoms with Crippen LogP contribution in [0.4, 0.5) is 0 Å². The summed E-state index contributed by atoms with van der Waals surface area (Å²) in [6, 6.07) is 0. The van der Waals surface area contributed by atoms with Crippen molar-refractivity contribution in [3.8, 4) is 0 Å². The predicted octanol–water partition coefficient (Wildman–Crippen LogP) is 1.37. The summed E-state index contributed by atoms with van der Waals surface area (Å²) in [6.45, 7) is 3.49. The molecule has 0 heterocycles. The van der Waals surface area contributed by atoms with Crippen molar-refractivity contribution in [3.63, 3.8) is 0 Å². The van der Waals surface area contributed by atoms with Crippen LogP contribution in [-0.2, 0) is 14.3 Å². The molecule has 0 fully saturated rings. The van der Waals surface area contributed by atoms with Gasteiger partial charge in [0, 0.05) is 13.3 Å². The summed E-state index contributed by atoms with van der Waals surface area (Å²) in [4.78, 5) is 24.6. The number of rotatable bonds is 7. The zero-order chi connectivity index (χ0) is 11.7. The Morgan fingerprint density at radius 1 is 1.27 bits per heavy atom. The molecule has 0 aromatic heterocycles. The van der Waals surface area contributed by atoms with Gasteiger partial charge in [0.2, 0.25) is 5.78 Å². The first-order valence-corrected chi connectivity index (χ1v) is 4.99. The van der Waals surface area contributed by atoms with E-state index in [0.717, 1.165) is 0 Å². The topological polar surface area (TPSA) is 79.8 Å². The Balaban J connectivity index is 3.67. The number of hydrogen-bond acceptors (Lipinski definition) is 3. The van der Waals surface area contributed by atoms with E-state index in [0.29, 0.717) is 32.3 Å². The summed E-state index contributed by atoms with van der Waals surface area (Å²) in [5.74, 6) is -0.476. The predicted molar refractivity (Wildman–Crippen MR) is 54.4 cm³/mol. The van der Waals surface area contributed by atoms with Crippen molar-refractivity contribution in [1.82, 2.24) is 0 Å². The summed E-state index contributed by atoms with van der Waals surface area (Å²) in [5, 5.41) is 0. The number of Topliss-reactive ketones (excluding diaryl/α,β-unsaturated/α-hetero) is 1. The van der Waals surface area contributed by atoms with Gasteiger partial charge >= 0.3 is 11.7 Å². The van der Waals surface area contributed by atoms with Crippen LogP contribution in [0.3, 0.4) is 0 Å². The van der Waals surface area contributed by atoms with Crippen molar-refractivity contribution in [1.29, 1.82) is 0 Å². The first-order valence-electron chi connectivity index (χ1n) is 4.99. The Morgan fingerprint density at radius 3 is 2.33 bits per heavy atom. The number of hydrogen-bond donors (Lipinski definition) is 0. The minimum atomic E-state index is -0.242. The summed E-state index contributed by atoms with van der Waals surface area (Å²) < 4.78 is 4.74. The Kier molecular flexibility index (Phi) is 7.10. The summed E-state index contributed by atoms with van der Waals surface area (Å²) in [7, 11) is 0. The lowest BCUT2D eigenvalue weighted by Gasteiger charge is -1.99. The summed E-state index contributed by atoms with van der Waals surface area (Å²) in [5.41, 5.74) is 8.62. The minimum Gasteiger partial charge on any atom is -0.466 e. The highest BCUT2D eigenvalue weighted by Gasteiger charge is 2.13. The molecule has 0 aliphatic heterocycles. The van der Waals surface area contributed by atoms with E-state index in [1.807, 2.05) is 0 Å². The molecule has 84 valence electrons. The van der Waals surface area contributed by atoms with Crippen LogP contribution in [-0.4, -0.2) is 28.9 Å². The molecule has 0 unspecified atom stereocenters. The molecule has 0 saturated heterocycles. The van der Waals surface area contributed by atoms with Crippen LogP contribution >= 0.6 is 0 Å². The maximum absolute atomic E-state index is 10.9. The molecular weight excluding hydrogens is 196 g/mol. The van der Waals surface area contributed by atoms with Crippen LogP contribution in [0.15, 0.2) is 0 Å². The standard InChI is InChI=1S/C10H16N2O3/c1-3-15-10(14)7-5-4-6-9(12-11)8(2)13/h3-7H2,1-2H3. The fourth-order valence-corrected chi connectivity index (χ4v) is 1.09. The van der Waals surface area contributed by atoms with Crippen LogP contribution < -0.4 is 0 Å². The molecule has 0 aromatic carbocycles. The summed E-state index contributed by atoms with van der Waals surface area (Å²) >= 11 is 0. The quantitative estimate of drug-likeness (QED) is 0.210. The van der Waals surface area contributed by atoms with E-state index < -0.39 is 0 Å². The van der Waals surface area contributed by atoms with E-state index in [1.165, 1.54) is 6.92 Å². The lowest BCUT2D eigenvalue weighted by Crippen LogP contribution is -2.11. The number of carbonyl (C=O) groups excluding carboxylic acids is 2. The zero-order valence-corrected chi connectivity index (χ0v) is 9.15. The number of nitrogens with zero attached hydrogens (tertiary/aromatic N) is 2. The molecule has 0 amide bonds. The summed E-state index contributed by atoms with van der Waals surface area (Å²) in [6.07, 6.45) is 2.00. The van der Waals surface area contributed by atoms with Gasteiger partial charge in [-0.2, -0.15) is 4.79 Å². The molecule has 0 rings (SSSR count). The van der Waals surface area contributed by atoms with Gasteiger partial charge in [0.15, 0.2) is 0 Å². The number of unbranched alkanes of at least 4 members (excludes halogenated alkanes) is 1. The van der Waals surface area contributed by atoms with Gasteiger partial charge in [0.25, 0.3) is 0 Å². The molecule has 0 spiro atoms. The van der Waals surface area contributed by atoms with Crippen LogP contribution in [0, 0.1) is 0 Å². The molecule has 5 heteroatoms. The first kappa shape index (κ1) is 13.5. The monoisotopic (exact) mass is 212 g/mol. The average Bonchev–Trinajstić information content (AvgIpc) is 2.17. The van der Waals surface area contributed by atoms with Crippen molar-refractivity contribution in [2.24, 2.45) is 0 Å². The zero-order valence-electron chi connectivity index (χ0n) is 9.15. The van der Waals surface area contributed by atoms with Gasteiger partial charge in [-0.25, -0.2) is 0 Å². The van der Waals surface area contributed by atoms with E-state index in [2.05, 4.69) is 4.79 Å². The highest BCUT2D eigenvalue weighted by Crippen LogP contribution is 2.02. The van der Waals surface area contributed by atoms with E-state index >= 15 is 0 Å². The molecule has 15 heavy (non-hydrogen) atoms. The second-order valence-corrected chi connectivity index (χ2v) is 3.12. The molecular formula is C10H16N2O3. The van der Waals surface area contributed by atoms with Crippen LogP contribution in [0.1, 0.15) is 39.5 Å². The van der Waals surface area contributed by atoms with Gasteiger partial charge < -0.3 is 10.3 Å². The highest BCUT2D eigenvalue weighted by molar-refractivity contribution is 6.36. The molecule has 0 aliphatic rings. The molecule has 0 aliphatic carbocycles. The molecule has 0 N–H and O–H groups in total. The Labute approximate surface area is 89.0 Å². The van der Waals surface area contributed by atoms with Crippen molar-refractivity contribution in [3.05, 3.63) is 5.53 Å². The maximum Gasteiger partial charge on any atom is 0.334 e. The largest absolute Gasteiger partial charge is 0.466 e. The van der Waals surface area contributed by atoms with Gasteiger partial charge in [-0.05, 0) is 19.8 Å². The van der Waals surface area contributed by atoms with Crippen molar-refractivity contribution in [2.75, 3.05) is 6.61 Å². The van der Waals surface area contributed by atoms with Crippen molar-refractivity contribution >= 4 is 17.5 Å². The molecule has 0 radical (unpaired) electrons. The van der Waals surface area contributed by atoms with Crippen LogP contribution in [0.5, 0.6) is 0 Å².